The van der Waals surface area contributed by atoms with E-state index in [0.717, 1.165) is 6.54 Å². The molecule has 0 heterocycles. The first kappa shape index (κ1) is 11.1. The van der Waals surface area contributed by atoms with Gasteiger partial charge in [-0.2, -0.15) is 0 Å². The molecule has 12 heavy (non-hydrogen) atoms. The van der Waals surface area contributed by atoms with Crippen LogP contribution in [-0.4, -0.2) is 44.8 Å². The lowest BCUT2D eigenvalue weighted by atomic mass is 10.6. The van der Waals surface area contributed by atoms with Crippen molar-refractivity contribution in [3.05, 3.63) is 12.7 Å². The van der Waals surface area contributed by atoms with E-state index in [1.807, 2.05) is 19.0 Å². The van der Waals surface area contributed by atoms with Crippen molar-refractivity contribution < 1.29 is 9.53 Å². The summed E-state index contributed by atoms with van der Waals surface area (Å²) in [4.78, 5) is 12.6. The number of carbonyl (C=O) groups excluding carboxylic acids is 1. The van der Waals surface area contributed by atoms with E-state index < -0.39 is 0 Å². The minimum Gasteiger partial charge on any atom is -0.360 e. The van der Waals surface area contributed by atoms with Crippen LogP contribution in [0.2, 0.25) is 0 Å². The van der Waals surface area contributed by atoms with E-state index in [9.17, 15) is 4.79 Å². The van der Waals surface area contributed by atoms with Crippen LogP contribution in [-0.2, 0) is 9.53 Å². The monoisotopic (exact) mass is 172 g/mol. The van der Waals surface area contributed by atoms with E-state index in [4.69, 9.17) is 4.74 Å². The maximum absolute atomic E-state index is 10.6. The Bertz CT molecular complexity index is 146. The summed E-state index contributed by atoms with van der Waals surface area (Å²) in [7, 11) is 3.93. The van der Waals surface area contributed by atoms with Gasteiger partial charge in [-0.15, -0.1) is 0 Å². The number of carbonyl (C=O) groups is 1. The van der Waals surface area contributed by atoms with Crippen LogP contribution in [0.15, 0.2) is 12.7 Å². The first-order valence-corrected chi connectivity index (χ1v) is 3.79. The number of nitrogens with zero attached hydrogens (tertiary/aromatic N) is 1. The van der Waals surface area contributed by atoms with Gasteiger partial charge in [0.05, 0.1) is 6.61 Å². The Labute approximate surface area is 73.2 Å². The molecule has 0 spiro atoms. The third-order valence-electron chi connectivity index (χ3n) is 1.22. The summed E-state index contributed by atoms with van der Waals surface area (Å²) in [6.45, 7) is 5.03. The molecule has 0 rings (SSSR count). The Kier molecular flexibility index (Phi) is 6.32. The van der Waals surface area contributed by atoms with Crippen molar-refractivity contribution in [1.29, 1.82) is 0 Å². The molecule has 0 aliphatic rings. The number of ether oxygens (including phenoxy) is 1. The highest BCUT2D eigenvalue weighted by molar-refractivity contribution is 5.86. The van der Waals surface area contributed by atoms with Crippen LogP contribution in [0.3, 0.4) is 0 Å². The van der Waals surface area contributed by atoms with Gasteiger partial charge in [0.15, 0.2) is 0 Å². The zero-order valence-electron chi connectivity index (χ0n) is 7.67. The molecule has 1 N–H and O–H groups in total. The Balaban J connectivity index is 3.11. The number of amides is 1. The molecular weight excluding hydrogens is 156 g/mol. The van der Waals surface area contributed by atoms with Gasteiger partial charge >= 0.3 is 0 Å². The highest BCUT2D eigenvalue weighted by atomic mass is 16.5. The largest absolute Gasteiger partial charge is 0.360 e. The van der Waals surface area contributed by atoms with Crippen molar-refractivity contribution in [1.82, 2.24) is 10.2 Å². The second-order valence-electron chi connectivity index (χ2n) is 2.60. The molecule has 0 aliphatic carbocycles. The quantitative estimate of drug-likeness (QED) is 0.343. The van der Waals surface area contributed by atoms with Crippen LogP contribution in [0.1, 0.15) is 0 Å². The molecule has 0 radical (unpaired) electrons. The van der Waals surface area contributed by atoms with Crippen molar-refractivity contribution in [3.8, 4) is 0 Å². The SMILES string of the molecule is C=CC(=O)NCOCCN(C)C. The average molecular weight is 172 g/mol. The summed E-state index contributed by atoms with van der Waals surface area (Å²) in [6.07, 6.45) is 1.22. The molecule has 1 amide bonds. The second-order valence-corrected chi connectivity index (χ2v) is 2.60. The zero-order valence-corrected chi connectivity index (χ0v) is 7.67. The van der Waals surface area contributed by atoms with E-state index in [1.54, 1.807) is 0 Å². The van der Waals surface area contributed by atoms with Gasteiger partial charge in [0.25, 0.3) is 0 Å². The number of hydrogen-bond donors (Lipinski definition) is 1. The third-order valence-corrected chi connectivity index (χ3v) is 1.22. The van der Waals surface area contributed by atoms with Crippen LogP contribution >= 0.6 is 0 Å². The van der Waals surface area contributed by atoms with Crippen molar-refractivity contribution >= 4 is 5.91 Å². The van der Waals surface area contributed by atoms with Gasteiger partial charge in [0.2, 0.25) is 5.91 Å². The molecule has 0 saturated heterocycles. The summed E-state index contributed by atoms with van der Waals surface area (Å²) in [5.74, 6) is -0.208. The highest BCUT2D eigenvalue weighted by Crippen LogP contribution is 1.76. The van der Waals surface area contributed by atoms with Crippen LogP contribution < -0.4 is 5.32 Å². The Hall–Kier alpha value is -0.870. The predicted molar refractivity (Wildman–Crippen MR) is 47.7 cm³/mol. The zero-order chi connectivity index (χ0) is 9.40. The lowest BCUT2D eigenvalue weighted by Gasteiger charge is -2.09. The Morgan fingerprint density at radius 2 is 2.33 bits per heavy atom. The van der Waals surface area contributed by atoms with Gasteiger partial charge in [0.1, 0.15) is 6.73 Å². The summed E-state index contributed by atoms with van der Waals surface area (Å²) in [6, 6.07) is 0. The highest BCUT2D eigenvalue weighted by Gasteiger charge is 1.92. The van der Waals surface area contributed by atoms with Crippen molar-refractivity contribution in [3.63, 3.8) is 0 Å². The first-order valence-electron chi connectivity index (χ1n) is 3.79. The lowest BCUT2D eigenvalue weighted by Crippen LogP contribution is -2.26. The molecule has 0 aromatic carbocycles. The smallest absolute Gasteiger partial charge is 0.245 e. The van der Waals surface area contributed by atoms with E-state index in [-0.39, 0.29) is 12.6 Å². The molecule has 4 heteroatoms. The fourth-order valence-electron chi connectivity index (χ4n) is 0.514. The van der Waals surface area contributed by atoms with Gasteiger partial charge < -0.3 is 15.0 Å². The minimum atomic E-state index is -0.208. The van der Waals surface area contributed by atoms with E-state index in [2.05, 4.69) is 11.9 Å². The molecule has 0 aromatic heterocycles. The minimum absolute atomic E-state index is 0.208. The maximum atomic E-state index is 10.6. The van der Waals surface area contributed by atoms with Gasteiger partial charge in [0, 0.05) is 6.54 Å². The summed E-state index contributed by atoms with van der Waals surface area (Å²) in [5.41, 5.74) is 0. The molecule has 0 unspecified atom stereocenters. The normalized spacial score (nSPS) is 9.92. The van der Waals surface area contributed by atoms with Crippen LogP contribution in [0, 0.1) is 0 Å². The molecule has 0 fully saturated rings. The average Bonchev–Trinajstić information content (AvgIpc) is 2.03. The molecule has 0 bridgehead atoms. The van der Waals surface area contributed by atoms with Gasteiger partial charge in [-0.25, -0.2) is 0 Å². The number of rotatable bonds is 6. The Morgan fingerprint density at radius 3 is 2.83 bits per heavy atom. The fourth-order valence-corrected chi connectivity index (χ4v) is 0.514. The van der Waals surface area contributed by atoms with Gasteiger partial charge in [-0.3, -0.25) is 4.79 Å². The molecule has 0 saturated carbocycles. The number of hydrogen-bond acceptors (Lipinski definition) is 3. The molecule has 0 aliphatic heterocycles. The van der Waals surface area contributed by atoms with Crippen LogP contribution in [0.4, 0.5) is 0 Å². The summed E-state index contributed by atoms with van der Waals surface area (Å²) in [5, 5.41) is 2.51. The predicted octanol–water partition coefficient (Wildman–Crippen LogP) is -0.176. The number of likely N-dealkylation sites (N-methyl/N-ethyl adjacent to an activating group) is 1. The molecule has 0 aromatic rings. The standard InChI is InChI=1S/C8H16N2O2/c1-4-8(11)9-7-12-6-5-10(2)3/h4H,1,5-7H2,2-3H3,(H,9,11). The van der Waals surface area contributed by atoms with E-state index >= 15 is 0 Å². The third kappa shape index (κ3) is 7.24. The van der Waals surface area contributed by atoms with E-state index in [1.165, 1.54) is 6.08 Å². The Morgan fingerprint density at radius 1 is 1.67 bits per heavy atom. The second kappa shape index (κ2) is 6.82. The summed E-state index contributed by atoms with van der Waals surface area (Å²) < 4.78 is 5.10. The summed E-state index contributed by atoms with van der Waals surface area (Å²) >= 11 is 0. The van der Waals surface area contributed by atoms with Gasteiger partial charge in [-0.05, 0) is 20.2 Å². The molecular formula is C8H16N2O2. The van der Waals surface area contributed by atoms with E-state index in [0.29, 0.717) is 6.61 Å². The molecule has 0 atom stereocenters. The van der Waals surface area contributed by atoms with Crippen LogP contribution in [0.25, 0.3) is 0 Å². The van der Waals surface area contributed by atoms with Crippen molar-refractivity contribution in [2.24, 2.45) is 0 Å². The fraction of sp³-hybridized carbons (Fsp3) is 0.625. The first-order chi connectivity index (χ1) is 5.66. The van der Waals surface area contributed by atoms with Crippen LogP contribution in [0.5, 0.6) is 0 Å². The van der Waals surface area contributed by atoms with Crippen molar-refractivity contribution in [2.45, 2.75) is 0 Å². The lowest BCUT2D eigenvalue weighted by molar-refractivity contribution is -0.118. The molecule has 70 valence electrons. The topological polar surface area (TPSA) is 41.6 Å². The van der Waals surface area contributed by atoms with Gasteiger partial charge in [-0.1, -0.05) is 6.58 Å². The van der Waals surface area contributed by atoms with Crippen molar-refractivity contribution in [2.75, 3.05) is 34.0 Å². The number of nitrogens with one attached hydrogen (secondary N) is 1. The maximum Gasteiger partial charge on any atom is 0.245 e. The molecule has 4 nitrogen and oxygen atoms in total.